The lowest BCUT2D eigenvalue weighted by molar-refractivity contribution is 1.17. The van der Waals surface area contributed by atoms with Crippen molar-refractivity contribution in [2.24, 2.45) is 0 Å². The SMILES string of the molecule is Cc1ccc2cccc(Nc3ncnc(Nc4cc(Cl)cc(Cl)c4)c3N)c2n1. The van der Waals surface area contributed by atoms with Gasteiger partial charge in [0.05, 0.1) is 11.2 Å². The number of para-hydroxylation sites is 1. The van der Waals surface area contributed by atoms with E-state index in [1.54, 1.807) is 18.2 Å². The predicted molar refractivity (Wildman–Crippen MR) is 116 cm³/mol. The maximum atomic E-state index is 6.29. The van der Waals surface area contributed by atoms with Crippen LogP contribution in [0.3, 0.4) is 0 Å². The Kier molecular flexibility index (Phi) is 4.90. The van der Waals surface area contributed by atoms with Crippen LogP contribution >= 0.6 is 23.2 Å². The molecule has 28 heavy (non-hydrogen) atoms. The van der Waals surface area contributed by atoms with Crippen LogP contribution < -0.4 is 16.4 Å². The van der Waals surface area contributed by atoms with E-state index in [1.807, 2.05) is 37.3 Å². The van der Waals surface area contributed by atoms with Crippen LogP contribution in [0.25, 0.3) is 10.9 Å². The summed E-state index contributed by atoms with van der Waals surface area (Å²) in [7, 11) is 0. The van der Waals surface area contributed by atoms with Crippen molar-refractivity contribution in [2.75, 3.05) is 16.4 Å². The number of rotatable bonds is 4. The quantitative estimate of drug-likeness (QED) is 0.399. The number of nitrogens with two attached hydrogens (primary N) is 1. The third-order valence-corrected chi connectivity index (χ3v) is 4.56. The Morgan fingerprint density at radius 1 is 0.893 bits per heavy atom. The summed E-state index contributed by atoms with van der Waals surface area (Å²) < 4.78 is 0. The van der Waals surface area contributed by atoms with Gasteiger partial charge in [-0.05, 0) is 37.3 Å². The van der Waals surface area contributed by atoms with E-state index in [0.29, 0.717) is 33.1 Å². The number of anilines is 5. The molecule has 0 aliphatic rings. The number of aryl methyl sites for hydroxylation is 1. The highest BCUT2D eigenvalue weighted by Gasteiger charge is 2.11. The second kappa shape index (κ2) is 7.50. The molecule has 2 aromatic carbocycles. The highest BCUT2D eigenvalue weighted by molar-refractivity contribution is 6.35. The van der Waals surface area contributed by atoms with E-state index in [2.05, 4.69) is 25.6 Å². The largest absolute Gasteiger partial charge is 0.393 e. The van der Waals surface area contributed by atoms with Crippen LogP contribution in [0.15, 0.2) is 54.9 Å². The first-order valence-corrected chi connectivity index (χ1v) is 9.22. The summed E-state index contributed by atoms with van der Waals surface area (Å²) >= 11 is 12.1. The Morgan fingerprint density at radius 3 is 2.36 bits per heavy atom. The monoisotopic (exact) mass is 410 g/mol. The van der Waals surface area contributed by atoms with Crippen LogP contribution in [-0.4, -0.2) is 15.0 Å². The third-order valence-electron chi connectivity index (χ3n) is 4.12. The van der Waals surface area contributed by atoms with Crippen LogP contribution in [0.1, 0.15) is 5.69 Å². The van der Waals surface area contributed by atoms with Crippen molar-refractivity contribution in [3.05, 3.63) is 70.6 Å². The van der Waals surface area contributed by atoms with Gasteiger partial charge >= 0.3 is 0 Å². The van der Waals surface area contributed by atoms with Gasteiger partial charge in [-0.25, -0.2) is 9.97 Å². The van der Waals surface area contributed by atoms with Gasteiger partial charge in [-0.15, -0.1) is 0 Å². The number of hydrogen-bond donors (Lipinski definition) is 3. The van der Waals surface area contributed by atoms with Crippen molar-refractivity contribution in [2.45, 2.75) is 6.92 Å². The second-order valence-electron chi connectivity index (χ2n) is 6.22. The summed E-state index contributed by atoms with van der Waals surface area (Å²) in [6.45, 7) is 1.95. The minimum Gasteiger partial charge on any atom is -0.393 e. The standard InChI is InChI=1S/C20H16Cl2N6/c1-11-5-6-12-3-2-4-16(18(12)26-11)28-20-17(23)19(24-10-25-20)27-15-8-13(21)7-14(22)9-15/h2-10H,23H2,1H3,(H2,24,25,27,28). The molecule has 4 rings (SSSR count). The summed E-state index contributed by atoms with van der Waals surface area (Å²) in [6, 6.07) is 15.0. The number of pyridine rings is 1. The highest BCUT2D eigenvalue weighted by Crippen LogP contribution is 2.32. The molecule has 0 amide bonds. The minimum atomic E-state index is 0.364. The van der Waals surface area contributed by atoms with E-state index in [9.17, 15) is 0 Å². The fraction of sp³-hybridized carbons (Fsp3) is 0.0500. The molecule has 8 heteroatoms. The Hall–Kier alpha value is -3.09. The molecule has 0 fully saturated rings. The summed E-state index contributed by atoms with van der Waals surface area (Å²) in [5.41, 5.74) is 9.92. The maximum absolute atomic E-state index is 6.29. The highest BCUT2D eigenvalue weighted by atomic mass is 35.5. The molecule has 2 heterocycles. The first-order chi connectivity index (χ1) is 13.5. The molecule has 0 aliphatic carbocycles. The minimum absolute atomic E-state index is 0.364. The fourth-order valence-electron chi connectivity index (χ4n) is 2.83. The van der Waals surface area contributed by atoms with E-state index in [-0.39, 0.29) is 0 Å². The zero-order valence-corrected chi connectivity index (χ0v) is 16.4. The van der Waals surface area contributed by atoms with Crippen molar-refractivity contribution in [1.82, 2.24) is 15.0 Å². The van der Waals surface area contributed by atoms with E-state index >= 15 is 0 Å². The zero-order chi connectivity index (χ0) is 19.7. The first kappa shape index (κ1) is 18.3. The van der Waals surface area contributed by atoms with Gasteiger partial charge in [-0.3, -0.25) is 4.98 Å². The van der Waals surface area contributed by atoms with Gasteiger partial charge in [0.2, 0.25) is 0 Å². The van der Waals surface area contributed by atoms with Gasteiger partial charge in [-0.1, -0.05) is 41.4 Å². The van der Waals surface area contributed by atoms with Crippen molar-refractivity contribution in [1.29, 1.82) is 0 Å². The maximum Gasteiger partial charge on any atom is 0.159 e. The number of halogens is 2. The van der Waals surface area contributed by atoms with Crippen molar-refractivity contribution in [3.63, 3.8) is 0 Å². The third kappa shape index (κ3) is 3.78. The Labute approximate surface area is 171 Å². The Bertz CT molecular complexity index is 1160. The van der Waals surface area contributed by atoms with Crippen LogP contribution in [0.4, 0.5) is 28.7 Å². The predicted octanol–water partition coefficient (Wildman–Crippen LogP) is 5.71. The Morgan fingerprint density at radius 2 is 1.61 bits per heavy atom. The second-order valence-corrected chi connectivity index (χ2v) is 7.10. The average Bonchev–Trinajstić information content (AvgIpc) is 2.64. The number of nitrogens with one attached hydrogen (secondary N) is 2. The normalized spacial score (nSPS) is 10.8. The van der Waals surface area contributed by atoms with E-state index in [0.717, 1.165) is 22.3 Å². The molecule has 0 saturated heterocycles. The molecular formula is C20H16Cl2N6. The van der Waals surface area contributed by atoms with Crippen LogP contribution in [-0.2, 0) is 0 Å². The number of benzene rings is 2. The van der Waals surface area contributed by atoms with Crippen LogP contribution in [0, 0.1) is 6.92 Å². The molecule has 140 valence electrons. The van der Waals surface area contributed by atoms with E-state index in [4.69, 9.17) is 28.9 Å². The molecule has 0 atom stereocenters. The molecule has 0 spiro atoms. The lowest BCUT2D eigenvalue weighted by Gasteiger charge is -2.14. The first-order valence-electron chi connectivity index (χ1n) is 8.46. The number of fused-ring (bicyclic) bond motifs is 1. The van der Waals surface area contributed by atoms with E-state index in [1.165, 1.54) is 6.33 Å². The van der Waals surface area contributed by atoms with Crippen LogP contribution in [0.5, 0.6) is 0 Å². The van der Waals surface area contributed by atoms with Gasteiger partial charge in [0.1, 0.15) is 12.0 Å². The smallest absolute Gasteiger partial charge is 0.159 e. The van der Waals surface area contributed by atoms with E-state index < -0.39 is 0 Å². The fourth-order valence-corrected chi connectivity index (χ4v) is 3.36. The molecule has 0 unspecified atom stereocenters. The summed E-state index contributed by atoms with van der Waals surface area (Å²) in [5, 5.41) is 8.43. The average molecular weight is 411 g/mol. The van der Waals surface area contributed by atoms with Crippen molar-refractivity contribution < 1.29 is 0 Å². The molecule has 2 aromatic heterocycles. The lowest BCUT2D eigenvalue weighted by atomic mass is 10.1. The van der Waals surface area contributed by atoms with Gasteiger partial charge in [0, 0.05) is 26.8 Å². The van der Waals surface area contributed by atoms with Crippen molar-refractivity contribution in [3.8, 4) is 0 Å². The van der Waals surface area contributed by atoms with Crippen molar-refractivity contribution >= 4 is 62.8 Å². The Balaban J connectivity index is 1.69. The molecule has 0 saturated carbocycles. The van der Waals surface area contributed by atoms with Gasteiger partial charge < -0.3 is 16.4 Å². The summed E-state index contributed by atoms with van der Waals surface area (Å²) in [4.78, 5) is 13.1. The molecule has 0 aliphatic heterocycles. The van der Waals surface area contributed by atoms with Crippen LogP contribution in [0.2, 0.25) is 10.0 Å². The molecule has 6 nitrogen and oxygen atoms in total. The van der Waals surface area contributed by atoms with Gasteiger partial charge in [0.25, 0.3) is 0 Å². The number of hydrogen-bond acceptors (Lipinski definition) is 6. The number of nitrogens with zero attached hydrogens (tertiary/aromatic N) is 3. The summed E-state index contributed by atoms with van der Waals surface area (Å²) in [6.07, 6.45) is 1.43. The molecule has 0 radical (unpaired) electrons. The topological polar surface area (TPSA) is 88.8 Å². The molecule has 4 aromatic rings. The zero-order valence-electron chi connectivity index (χ0n) is 14.9. The number of nitrogen functional groups attached to an aromatic ring is 1. The summed E-state index contributed by atoms with van der Waals surface area (Å²) in [5.74, 6) is 0.918. The molecule has 4 N–H and O–H groups in total. The lowest BCUT2D eigenvalue weighted by Crippen LogP contribution is -2.05. The number of aromatic nitrogens is 3. The molecular weight excluding hydrogens is 395 g/mol. The van der Waals surface area contributed by atoms with Gasteiger partial charge in [-0.2, -0.15) is 0 Å². The van der Waals surface area contributed by atoms with Gasteiger partial charge in [0.15, 0.2) is 11.6 Å². The molecule has 0 bridgehead atoms.